The topological polar surface area (TPSA) is 74.6 Å². The van der Waals surface area contributed by atoms with E-state index in [0.717, 1.165) is 11.1 Å². The van der Waals surface area contributed by atoms with E-state index < -0.39 is 17.9 Å². The Bertz CT molecular complexity index is 399. The number of hydrogen-bond donors (Lipinski definition) is 2. The molecule has 0 fully saturated rings. The number of hydrogen-bond acceptors (Lipinski definition) is 2. The fourth-order valence-electron chi connectivity index (χ4n) is 2.34. The molecule has 0 unspecified atom stereocenters. The van der Waals surface area contributed by atoms with Gasteiger partial charge < -0.3 is 10.2 Å². The number of carbonyl (C=O) groups is 2. The Morgan fingerprint density at radius 3 is 1.88 bits per heavy atom. The second-order valence-corrected chi connectivity index (χ2v) is 4.09. The molecule has 0 spiro atoms. The molecule has 1 aliphatic carbocycles. The molecule has 0 saturated heterocycles. The van der Waals surface area contributed by atoms with Crippen LogP contribution in [0.4, 0.5) is 0 Å². The maximum Gasteiger partial charge on any atom is 0.318 e. The maximum absolute atomic E-state index is 10.9. The molecule has 0 radical (unpaired) electrons. The van der Waals surface area contributed by atoms with Crippen molar-refractivity contribution in [3.63, 3.8) is 0 Å². The van der Waals surface area contributed by atoms with Crippen LogP contribution in [0.5, 0.6) is 0 Å². The Balaban J connectivity index is 2.22. The lowest BCUT2D eigenvalue weighted by molar-refractivity contribution is -0.157. The van der Waals surface area contributed by atoms with Gasteiger partial charge in [0.2, 0.25) is 0 Å². The van der Waals surface area contributed by atoms with Gasteiger partial charge in [-0.05, 0) is 29.9 Å². The van der Waals surface area contributed by atoms with E-state index in [1.807, 2.05) is 24.3 Å². The quantitative estimate of drug-likeness (QED) is 0.750. The molecule has 2 rings (SSSR count). The summed E-state index contributed by atoms with van der Waals surface area (Å²) in [4.78, 5) is 21.8. The molecule has 1 aliphatic rings. The molecule has 84 valence electrons. The van der Waals surface area contributed by atoms with E-state index >= 15 is 0 Å². The summed E-state index contributed by atoms with van der Waals surface area (Å²) < 4.78 is 0. The number of carboxylic acids is 2. The monoisotopic (exact) mass is 220 g/mol. The summed E-state index contributed by atoms with van der Waals surface area (Å²) in [6.07, 6.45) is 1.08. The standard InChI is InChI=1S/C12H12O4/c13-11(14)10(12(15)16)9-5-7-3-1-2-4-8(7)6-9/h1-4,9-10H,5-6H2,(H,13,14)(H,15,16). The van der Waals surface area contributed by atoms with E-state index in [0.29, 0.717) is 12.8 Å². The third-order valence-corrected chi connectivity index (χ3v) is 3.09. The highest BCUT2D eigenvalue weighted by atomic mass is 16.4. The lowest BCUT2D eigenvalue weighted by Crippen LogP contribution is -2.31. The molecule has 4 heteroatoms. The number of carboxylic acid groups (broad SMARTS) is 2. The van der Waals surface area contributed by atoms with Gasteiger partial charge in [-0.15, -0.1) is 0 Å². The summed E-state index contributed by atoms with van der Waals surface area (Å²) in [6, 6.07) is 7.63. The van der Waals surface area contributed by atoms with Crippen molar-refractivity contribution in [2.75, 3.05) is 0 Å². The van der Waals surface area contributed by atoms with Crippen LogP contribution in [0.15, 0.2) is 24.3 Å². The summed E-state index contributed by atoms with van der Waals surface area (Å²) in [5, 5.41) is 17.8. The van der Waals surface area contributed by atoms with E-state index in [9.17, 15) is 9.59 Å². The Kier molecular flexibility index (Phi) is 2.64. The number of benzene rings is 1. The zero-order valence-electron chi connectivity index (χ0n) is 8.59. The number of rotatable bonds is 3. The minimum Gasteiger partial charge on any atom is -0.481 e. The van der Waals surface area contributed by atoms with Crippen molar-refractivity contribution in [1.82, 2.24) is 0 Å². The predicted molar refractivity (Wildman–Crippen MR) is 56.1 cm³/mol. The third kappa shape index (κ3) is 1.78. The first kappa shape index (κ1) is 10.7. The number of aliphatic carboxylic acids is 2. The van der Waals surface area contributed by atoms with Gasteiger partial charge in [-0.3, -0.25) is 9.59 Å². The van der Waals surface area contributed by atoms with Crippen molar-refractivity contribution >= 4 is 11.9 Å². The lowest BCUT2D eigenvalue weighted by Gasteiger charge is -2.14. The van der Waals surface area contributed by atoms with Gasteiger partial charge in [0, 0.05) is 0 Å². The molecule has 0 saturated carbocycles. The molecule has 0 aromatic heterocycles. The average molecular weight is 220 g/mol. The Morgan fingerprint density at radius 2 is 1.50 bits per heavy atom. The molecule has 0 amide bonds. The molecule has 1 aromatic rings. The van der Waals surface area contributed by atoms with Gasteiger partial charge >= 0.3 is 11.9 Å². The Hall–Kier alpha value is -1.84. The van der Waals surface area contributed by atoms with Gasteiger partial charge in [0.1, 0.15) is 0 Å². The van der Waals surface area contributed by atoms with Crippen LogP contribution in [-0.4, -0.2) is 22.2 Å². The summed E-state index contributed by atoms with van der Waals surface area (Å²) in [5.74, 6) is -4.12. The first-order valence-electron chi connectivity index (χ1n) is 5.12. The second kappa shape index (κ2) is 3.96. The zero-order chi connectivity index (χ0) is 11.7. The van der Waals surface area contributed by atoms with Crippen molar-refractivity contribution in [3.8, 4) is 0 Å². The largest absolute Gasteiger partial charge is 0.481 e. The second-order valence-electron chi connectivity index (χ2n) is 4.09. The molecule has 1 aromatic carbocycles. The molecule has 4 nitrogen and oxygen atoms in total. The molecular formula is C12H12O4. The van der Waals surface area contributed by atoms with Gasteiger partial charge in [-0.25, -0.2) is 0 Å². The Morgan fingerprint density at radius 1 is 1.06 bits per heavy atom. The van der Waals surface area contributed by atoms with E-state index in [1.165, 1.54) is 0 Å². The fourth-order valence-corrected chi connectivity index (χ4v) is 2.34. The molecule has 2 N–H and O–H groups in total. The van der Waals surface area contributed by atoms with Crippen molar-refractivity contribution in [3.05, 3.63) is 35.4 Å². The molecule has 16 heavy (non-hydrogen) atoms. The van der Waals surface area contributed by atoms with E-state index in [4.69, 9.17) is 10.2 Å². The maximum atomic E-state index is 10.9. The normalized spacial score (nSPS) is 15.1. The molecule has 0 atom stereocenters. The predicted octanol–water partition coefficient (Wildman–Crippen LogP) is 1.19. The zero-order valence-corrected chi connectivity index (χ0v) is 8.59. The first-order chi connectivity index (χ1) is 7.59. The molecule has 0 aliphatic heterocycles. The Labute approximate surface area is 92.5 Å². The highest BCUT2D eigenvalue weighted by molar-refractivity contribution is 5.93. The van der Waals surface area contributed by atoms with Crippen LogP contribution in [0.1, 0.15) is 11.1 Å². The smallest absolute Gasteiger partial charge is 0.318 e. The van der Waals surface area contributed by atoms with Crippen LogP contribution in [0.25, 0.3) is 0 Å². The first-order valence-corrected chi connectivity index (χ1v) is 5.12. The van der Waals surface area contributed by atoms with Gasteiger partial charge in [-0.1, -0.05) is 24.3 Å². The van der Waals surface area contributed by atoms with Crippen LogP contribution in [0.2, 0.25) is 0 Å². The van der Waals surface area contributed by atoms with Crippen LogP contribution in [0.3, 0.4) is 0 Å². The summed E-state index contributed by atoms with van der Waals surface area (Å²) in [5.41, 5.74) is 2.14. The molecular weight excluding hydrogens is 208 g/mol. The van der Waals surface area contributed by atoms with Gasteiger partial charge in [-0.2, -0.15) is 0 Å². The summed E-state index contributed by atoms with van der Waals surface area (Å²) in [7, 11) is 0. The molecule has 0 heterocycles. The number of fused-ring (bicyclic) bond motifs is 1. The van der Waals surface area contributed by atoms with Gasteiger partial charge in [0.25, 0.3) is 0 Å². The van der Waals surface area contributed by atoms with Crippen LogP contribution in [0, 0.1) is 11.8 Å². The van der Waals surface area contributed by atoms with E-state index in [2.05, 4.69) is 0 Å². The highest BCUT2D eigenvalue weighted by Crippen LogP contribution is 2.31. The van der Waals surface area contributed by atoms with Gasteiger partial charge in [0.05, 0.1) is 0 Å². The summed E-state index contributed by atoms with van der Waals surface area (Å²) >= 11 is 0. The van der Waals surface area contributed by atoms with Crippen LogP contribution in [-0.2, 0) is 22.4 Å². The van der Waals surface area contributed by atoms with E-state index in [1.54, 1.807) is 0 Å². The highest BCUT2D eigenvalue weighted by Gasteiger charge is 2.38. The van der Waals surface area contributed by atoms with Crippen molar-refractivity contribution in [2.24, 2.45) is 11.8 Å². The van der Waals surface area contributed by atoms with Crippen LogP contribution >= 0.6 is 0 Å². The average Bonchev–Trinajstić information content (AvgIpc) is 2.58. The van der Waals surface area contributed by atoms with E-state index in [-0.39, 0.29) is 5.92 Å². The van der Waals surface area contributed by atoms with Crippen LogP contribution < -0.4 is 0 Å². The summed E-state index contributed by atoms with van der Waals surface area (Å²) in [6.45, 7) is 0. The van der Waals surface area contributed by atoms with Gasteiger partial charge in [0.15, 0.2) is 5.92 Å². The minimum absolute atomic E-state index is 0.326. The van der Waals surface area contributed by atoms with Crippen molar-refractivity contribution < 1.29 is 19.8 Å². The fraction of sp³-hybridized carbons (Fsp3) is 0.333. The van der Waals surface area contributed by atoms with Crippen molar-refractivity contribution in [2.45, 2.75) is 12.8 Å². The lowest BCUT2D eigenvalue weighted by atomic mass is 9.90. The van der Waals surface area contributed by atoms with Crippen molar-refractivity contribution in [1.29, 1.82) is 0 Å². The third-order valence-electron chi connectivity index (χ3n) is 3.09. The minimum atomic E-state index is -1.30. The SMILES string of the molecule is O=C(O)C(C(=O)O)C1Cc2ccccc2C1. The molecule has 0 bridgehead atoms.